The van der Waals surface area contributed by atoms with Crippen molar-refractivity contribution >= 4 is 18.6 Å². The van der Waals surface area contributed by atoms with Gasteiger partial charge in [-0.05, 0) is 57.9 Å². The molecule has 1 aromatic carbocycles. The maximum absolute atomic E-state index is 14.9. The van der Waals surface area contributed by atoms with Crippen molar-refractivity contribution in [3.8, 4) is 0 Å². The molecule has 2 fully saturated rings. The van der Waals surface area contributed by atoms with Gasteiger partial charge < -0.3 is 19.9 Å². The zero-order valence-corrected chi connectivity index (χ0v) is 16.0. The molecule has 0 aliphatic carbocycles. The third-order valence-corrected chi connectivity index (χ3v) is 5.58. The van der Waals surface area contributed by atoms with Gasteiger partial charge in [-0.1, -0.05) is 12.1 Å². The van der Waals surface area contributed by atoms with Crippen LogP contribution in [-0.2, 0) is 9.31 Å². The van der Waals surface area contributed by atoms with E-state index in [0.29, 0.717) is 29.8 Å². The molecule has 2 N–H and O–H groups in total. The summed E-state index contributed by atoms with van der Waals surface area (Å²) in [5, 5.41) is 0. The minimum Gasteiger partial charge on any atom is -0.398 e. The quantitative estimate of drug-likeness (QED) is 0.842. The van der Waals surface area contributed by atoms with Gasteiger partial charge >= 0.3 is 7.12 Å². The number of carbonyl (C=O) groups excluding carboxylic acids is 1. The Balaban J connectivity index is 1.76. The van der Waals surface area contributed by atoms with Crippen molar-refractivity contribution in [1.82, 2.24) is 4.90 Å². The van der Waals surface area contributed by atoms with Gasteiger partial charge in [0.2, 0.25) is 0 Å². The number of hydrogen-bond acceptors (Lipinski definition) is 4. The highest BCUT2D eigenvalue weighted by Gasteiger charge is 2.53. The standard InChI is InChI=1S/C19H26BFN2O3/c1-12(16(21)20-25-18(2,3)19(4,5)26-20)13-6-8-14(9-7-13)17(24)23-10-15(22)11-23/h6-9,15H,10-11,22H2,1-5H3. The summed E-state index contributed by atoms with van der Waals surface area (Å²) in [4.78, 5) is 14.0. The van der Waals surface area contributed by atoms with Crippen LogP contribution in [0.1, 0.15) is 50.5 Å². The van der Waals surface area contributed by atoms with E-state index in [9.17, 15) is 9.18 Å². The van der Waals surface area contributed by atoms with Crippen molar-refractivity contribution in [1.29, 1.82) is 0 Å². The van der Waals surface area contributed by atoms with Crippen LogP contribution in [0.5, 0.6) is 0 Å². The lowest BCUT2D eigenvalue weighted by Gasteiger charge is -2.36. The van der Waals surface area contributed by atoms with Crippen LogP contribution in [0.4, 0.5) is 4.39 Å². The van der Waals surface area contributed by atoms with Crippen LogP contribution in [0.25, 0.3) is 5.57 Å². The Morgan fingerprint density at radius 2 is 1.58 bits per heavy atom. The highest BCUT2D eigenvalue weighted by Crippen LogP contribution is 2.40. The molecule has 1 amide bonds. The molecule has 7 heteroatoms. The number of amides is 1. The highest BCUT2D eigenvalue weighted by molar-refractivity contribution is 6.55. The van der Waals surface area contributed by atoms with E-state index in [0.717, 1.165) is 0 Å². The lowest BCUT2D eigenvalue weighted by Crippen LogP contribution is -2.57. The number of carbonyl (C=O) groups is 1. The average molecular weight is 360 g/mol. The van der Waals surface area contributed by atoms with Crippen molar-refractivity contribution in [3.63, 3.8) is 0 Å². The van der Waals surface area contributed by atoms with Gasteiger partial charge in [0.05, 0.1) is 11.2 Å². The number of benzene rings is 1. The van der Waals surface area contributed by atoms with Crippen molar-refractivity contribution in [2.45, 2.75) is 51.9 Å². The van der Waals surface area contributed by atoms with E-state index >= 15 is 0 Å². The molecule has 0 saturated carbocycles. The first-order chi connectivity index (χ1) is 12.0. The molecule has 1 aromatic rings. The number of halogens is 1. The smallest absolute Gasteiger partial charge is 0.398 e. The van der Waals surface area contributed by atoms with Crippen molar-refractivity contribution in [3.05, 3.63) is 41.1 Å². The van der Waals surface area contributed by atoms with Crippen LogP contribution in [0, 0.1) is 0 Å². The van der Waals surface area contributed by atoms with E-state index in [-0.39, 0.29) is 11.9 Å². The number of rotatable bonds is 3. The van der Waals surface area contributed by atoms with Gasteiger partial charge in [-0.3, -0.25) is 4.79 Å². The first-order valence-corrected chi connectivity index (χ1v) is 8.89. The van der Waals surface area contributed by atoms with Crippen molar-refractivity contribution in [2.75, 3.05) is 13.1 Å². The van der Waals surface area contributed by atoms with E-state index in [2.05, 4.69) is 0 Å². The molecule has 140 valence electrons. The highest BCUT2D eigenvalue weighted by atomic mass is 19.1. The van der Waals surface area contributed by atoms with Crippen LogP contribution < -0.4 is 5.73 Å². The Morgan fingerprint density at radius 1 is 1.12 bits per heavy atom. The number of allylic oxidation sites excluding steroid dienone is 1. The summed E-state index contributed by atoms with van der Waals surface area (Å²) >= 11 is 0. The molecule has 2 aliphatic heterocycles. The van der Waals surface area contributed by atoms with E-state index in [4.69, 9.17) is 15.0 Å². The summed E-state index contributed by atoms with van der Waals surface area (Å²) < 4.78 is 26.4. The normalized spacial score (nSPS) is 22.9. The summed E-state index contributed by atoms with van der Waals surface area (Å²) in [6, 6.07) is 6.98. The van der Waals surface area contributed by atoms with Gasteiger partial charge in [-0.2, -0.15) is 0 Å². The Labute approximate surface area is 154 Å². The maximum Gasteiger partial charge on any atom is 0.525 e. The molecule has 2 saturated heterocycles. The van der Waals surface area contributed by atoms with Gasteiger partial charge in [0.1, 0.15) is 5.73 Å². The summed E-state index contributed by atoms with van der Waals surface area (Å²) in [6.45, 7) is 10.4. The molecule has 26 heavy (non-hydrogen) atoms. The number of hydrogen-bond donors (Lipinski definition) is 1. The lowest BCUT2D eigenvalue weighted by molar-refractivity contribution is 0.00578. The van der Waals surface area contributed by atoms with E-state index in [1.807, 2.05) is 27.7 Å². The minimum absolute atomic E-state index is 0.0497. The third-order valence-electron chi connectivity index (χ3n) is 5.58. The van der Waals surface area contributed by atoms with E-state index in [1.165, 1.54) is 0 Å². The van der Waals surface area contributed by atoms with Gasteiger partial charge in [0, 0.05) is 24.7 Å². The molecule has 5 nitrogen and oxygen atoms in total. The molecule has 3 rings (SSSR count). The summed E-state index contributed by atoms with van der Waals surface area (Å²) in [7, 11) is -1.02. The Bertz CT molecular complexity index is 724. The third kappa shape index (κ3) is 3.31. The van der Waals surface area contributed by atoms with Crippen LogP contribution in [-0.4, -0.2) is 48.3 Å². The number of likely N-dealkylation sites (tertiary alicyclic amines) is 1. The Morgan fingerprint density at radius 3 is 2.04 bits per heavy atom. The zero-order valence-electron chi connectivity index (χ0n) is 16.0. The molecule has 0 spiro atoms. The lowest BCUT2D eigenvalue weighted by atomic mass is 9.83. The van der Waals surface area contributed by atoms with E-state index in [1.54, 1.807) is 36.1 Å². The van der Waals surface area contributed by atoms with E-state index < -0.39 is 24.0 Å². The van der Waals surface area contributed by atoms with Crippen LogP contribution in [0.2, 0.25) is 0 Å². The minimum atomic E-state index is -1.02. The molecule has 0 aromatic heterocycles. The second-order valence-electron chi connectivity index (χ2n) is 8.11. The molecule has 0 atom stereocenters. The Kier molecular flexibility index (Phi) is 4.75. The fourth-order valence-electron chi connectivity index (χ4n) is 2.99. The van der Waals surface area contributed by atoms with Crippen molar-refractivity contribution < 1.29 is 18.5 Å². The van der Waals surface area contributed by atoms with Gasteiger partial charge in [-0.25, -0.2) is 4.39 Å². The van der Waals surface area contributed by atoms with Gasteiger partial charge in [0.15, 0.2) is 0 Å². The number of nitrogens with zero attached hydrogens (tertiary/aromatic N) is 1. The van der Waals surface area contributed by atoms with Crippen LogP contribution in [0.3, 0.4) is 0 Å². The van der Waals surface area contributed by atoms with Crippen LogP contribution in [0.15, 0.2) is 30.0 Å². The topological polar surface area (TPSA) is 64.8 Å². The fraction of sp³-hybridized carbons (Fsp3) is 0.526. The second kappa shape index (κ2) is 6.48. The summed E-state index contributed by atoms with van der Waals surface area (Å²) in [5.74, 6) is -0.0497. The molecule has 0 bridgehead atoms. The SMILES string of the molecule is CC(=C(F)B1OC(C)(C)C(C)(C)O1)c1ccc(C(=O)N2CC(N)C2)cc1. The predicted octanol–water partition coefficient (Wildman–Crippen LogP) is 2.80. The molecule has 2 aliphatic rings. The second-order valence-corrected chi connectivity index (χ2v) is 8.11. The molecular weight excluding hydrogens is 334 g/mol. The summed E-state index contributed by atoms with van der Waals surface area (Å²) in [6.07, 6.45) is 0. The monoisotopic (exact) mass is 360 g/mol. The first kappa shape index (κ1) is 19.1. The van der Waals surface area contributed by atoms with Gasteiger partial charge in [0.25, 0.3) is 5.91 Å². The van der Waals surface area contributed by atoms with Crippen LogP contribution >= 0.6 is 0 Å². The molecule has 2 heterocycles. The van der Waals surface area contributed by atoms with Crippen molar-refractivity contribution in [2.24, 2.45) is 5.73 Å². The first-order valence-electron chi connectivity index (χ1n) is 8.89. The molecule has 0 unspecified atom stereocenters. The van der Waals surface area contributed by atoms with Gasteiger partial charge in [-0.15, -0.1) is 0 Å². The largest absolute Gasteiger partial charge is 0.525 e. The molecular formula is C19H26BFN2O3. The summed E-state index contributed by atoms with van der Waals surface area (Å²) in [5.41, 5.74) is 5.78. The average Bonchev–Trinajstić information content (AvgIpc) is 2.78. The molecule has 0 radical (unpaired) electrons. The predicted molar refractivity (Wildman–Crippen MR) is 100 cm³/mol. The Hall–Kier alpha value is -1.70. The maximum atomic E-state index is 14.9. The zero-order chi connectivity index (χ0) is 19.3. The fourth-order valence-corrected chi connectivity index (χ4v) is 2.99. The number of nitrogens with two attached hydrogens (primary N) is 1.